The fourth-order valence-electron chi connectivity index (χ4n) is 2.32. The van der Waals surface area contributed by atoms with Crippen LogP contribution in [0.5, 0.6) is 5.75 Å². The van der Waals surface area contributed by atoms with Crippen LogP contribution in [0.2, 0.25) is 0 Å². The highest BCUT2D eigenvalue weighted by molar-refractivity contribution is 5.89. The van der Waals surface area contributed by atoms with Crippen LogP contribution in [0.3, 0.4) is 0 Å². The normalized spacial score (nSPS) is 12.0. The van der Waals surface area contributed by atoms with E-state index in [-0.39, 0.29) is 11.9 Å². The summed E-state index contributed by atoms with van der Waals surface area (Å²) < 4.78 is 10.1. The number of nitrogens with zero attached hydrogens (tertiary/aromatic N) is 1. The van der Waals surface area contributed by atoms with Crippen molar-refractivity contribution in [1.82, 2.24) is 10.5 Å². The Bertz CT molecular complexity index is 622. The summed E-state index contributed by atoms with van der Waals surface area (Å²) in [6.07, 6.45) is 1.31. The third kappa shape index (κ3) is 5.10. The van der Waals surface area contributed by atoms with Crippen molar-refractivity contribution in [3.63, 3.8) is 0 Å². The fraction of sp³-hybridized carbons (Fsp3) is 0.412. The third-order valence-corrected chi connectivity index (χ3v) is 3.56. The van der Waals surface area contributed by atoms with E-state index in [2.05, 4.69) is 22.7 Å². The number of hydrogen-bond donors (Lipinski definition) is 2. The highest BCUT2D eigenvalue weighted by Gasteiger charge is 2.10. The van der Waals surface area contributed by atoms with Crippen LogP contribution in [0, 0.1) is 6.92 Å². The molecule has 124 valence electrons. The number of aryl methyl sites for hydroxylation is 1. The Kier molecular flexibility index (Phi) is 6.17. The van der Waals surface area contributed by atoms with Gasteiger partial charge in [-0.05, 0) is 31.0 Å². The molecule has 0 aliphatic carbocycles. The molecule has 6 heteroatoms. The predicted octanol–water partition coefficient (Wildman–Crippen LogP) is 3.06. The maximum Gasteiger partial charge on any atom is 0.226 e. The predicted molar refractivity (Wildman–Crippen MR) is 88.5 cm³/mol. The van der Waals surface area contributed by atoms with Crippen molar-refractivity contribution >= 4 is 11.7 Å². The number of carbonyl (C=O) groups is 1. The molecule has 0 fully saturated rings. The lowest BCUT2D eigenvalue weighted by Crippen LogP contribution is -2.25. The number of benzene rings is 1. The SMILES string of the molecule is CC[C@@H](NCCC(=O)Nc1cc(C)on1)c1ccc(OC)cc1. The van der Waals surface area contributed by atoms with Crippen LogP contribution in [0.15, 0.2) is 34.9 Å². The Labute approximate surface area is 136 Å². The molecule has 0 saturated carbocycles. The summed E-state index contributed by atoms with van der Waals surface area (Å²) in [5.41, 5.74) is 1.18. The zero-order chi connectivity index (χ0) is 16.7. The summed E-state index contributed by atoms with van der Waals surface area (Å²) in [5, 5.41) is 9.85. The van der Waals surface area contributed by atoms with E-state index in [1.165, 1.54) is 5.56 Å². The largest absolute Gasteiger partial charge is 0.497 e. The maximum atomic E-state index is 11.9. The van der Waals surface area contributed by atoms with Crippen molar-refractivity contribution in [2.45, 2.75) is 32.7 Å². The molecule has 0 saturated heterocycles. The first-order chi connectivity index (χ1) is 11.1. The first-order valence-corrected chi connectivity index (χ1v) is 7.73. The van der Waals surface area contributed by atoms with Crippen LogP contribution in [-0.2, 0) is 4.79 Å². The molecule has 23 heavy (non-hydrogen) atoms. The smallest absolute Gasteiger partial charge is 0.226 e. The number of rotatable bonds is 8. The molecule has 1 aromatic carbocycles. The molecule has 1 amide bonds. The van der Waals surface area contributed by atoms with Gasteiger partial charge in [-0.15, -0.1) is 0 Å². The van der Waals surface area contributed by atoms with Crippen LogP contribution in [0.4, 0.5) is 5.82 Å². The second-order valence-electron chi connectivity index (χ2n) is 5.31. The lowest BCUT2D eigenvalue weighted by Gasteiger charge is -2.17. The summed E-state index contributed by atoms with van der Waals surface area (Å²) in [6, 6.07) is 9.87. The third-order valence-electron chi connectivity index (χ3n) is 3.56. The number of carbonyl (C=O) groups excluding carboxylic acids is 1. The lowest BCUT2D eigenvalue weighted by molar-refractivity contribution is -0.116. The van der Waals surface area contributed by atoms with E-state index in [0.717, 1.165) is 12.2 Å². The molecule has 2 rings (SSSR count). The summed E-state index contributed by atoms with van der Waals surface area (Å²) in [7, 11) is 1.65. The zero-order valence-electron chi connectivity index (χ0n) is 13.8. The molecule has 1 heterocycles. The summed E-state index contributed by atoms with van der Waals surface area (Å²) >= 11 is 0. The van der Waals surface area contributed by atoms with E-state index >= 15 is 0 Å². The zero-order valence-corrected chi connectivity index (χ0v) is 13.8. The average molecular weight is 317 g/mol. The highest BCUT2D eigenvalue weighted by Crippen LogP contribution is 2.20. The minimum Gasteiger partial charge on any atom is -0.497 e. The van der Waals surface area contributed by atoms with Gasteiger partial charge in [0, 0.05) is 25.1 Å². The Balaban J connectivity index is 1.79. The van der Waals surface area contributed by atoms with E-state index in [1.54, 1.807) is 20.1 Å². The standard InChI is InChI=1S/C17H23N3O3/c1-4-15(13-5-7-14(22-3)8-6-13)18-10-9-17(21)19-16-11-12(2)23-20-16/h5-8,11,15,18H,4,9-10H2,1-3H3,(H,19,20,21)/t15-/m1/s1. The van der Waals surface area contributed by atoms with Crippen molar-refractivity contribution in [1.29, 1.82) is 0 Å². The Morgan fingerprint density at radius 3 is 2.65 bits per heavy atom. The van der Waals surface area contributed by atoms with Crippen LogP contribution >= 0.6 is 0 Å². The topological polar surface area (TPSA) is 76.4 Å². The van der Waals surface area contributed by atoms with E-state index < -0.39 is 0 Å². The van der Waals surface area contributed by atoms with Gasteiger partial charge in [0.25, 0.3) is 0 Å². The molecule has 1 atom stereocenters. The van der Waals surface area contributed by atoms with Gasteiger partial charge in [0.15, 0.2) is 5.82 Å². The number of aromatic nitrogens is 1. The summed E-state index contributed by atoms with van der Waals surface area (Å²) in [4.78, 5) is 11.9. The summed E-state index contributed by atoms with van der Waals surface area (Å²) in [6.45, 7) is 4.48. The fourth-order valence-corrected chi connectivity index (χ4v) is 2.32. The second kappa shape index (κ2) is 8.33. The van der Waals surface area contributed by atoms with Gasteiger partial charge >= 0.3 is 0 Å². The second-order valence-corrected chi connectivity index (χ2v) is 5.31. The van der Waals surface area contributed by atoms with E-state index in [1.807, 2.05) is 24.3 Å². The van der Waals surface area contributed by atoms with Crippen molar-refractivity contribution in [3.8, 4) is 5.75 Å². The number of ether oxygens (including phenoxy) is 1. The summed E-state index contributed by atoms with van der Waals surface area (Å²) in [5.74, 6) is 1.87. The average Bonchev–Trinajstić information content (AvgIpc) is 2.96. The first-order valence-electron chi connectivity index (χ1n) is 7.73. The van der Waals surface area contributed by atoms with E-state index in [4.69, 9.17) is 9.26 Å². The molecule has 6 nitrogen and oxygen atoms in total. The molecule has 0 aliphatic rings. The van der Waals surface area contributed by atoms with Gasteiger partial charge in [-0.25, -0.2) is 0 Å². The van der Waals surface area contributed by atoms with Gasteiger partial charge in [0.1, 0.15) is 11.5 Å². The van der Waals surface area contributed by atoms with Crippen LogP contribution < -0.4 is 15.4 Å². The van der Waals surface area contributed by atoms with Crippen molar-refractivity contribution < 1.29 is 14.1 Å². The van der Waals surface area contributed by atoms with Gasteiger partial charge in [0.05, 0.1) is 7.11 Å². The minimum absolute atomic E-state index is 0.0876. The van der Waals surface area contributed by atoms with Crippen LogP contribution in [-0.4, -0.2) is 24.7 Å². The molecule has 2 N–H and O–H groups in total. The molecule has 0 unspecified atom stereocenters. The number of amides is 1. The number of hydrogen-bond acceptors (Lipinski definition) is 5. The highest BCUT2D eigenvalue weighted by atomic mass is 16.5. The monoisotopic (exact) mass is 317 g/mol. The Morgan fingerprint density at radius 2 is 2.09 bits per heavy atom. The Hall–Kier alpha value is -2.34. The molecule has 0 bridgehead atoms. The minimum atomic E-state index is -0.0876. The molecular formula is C17H23N3O3. The Morgan fingerprint density at radius 1 is 1.35 bits per heavy atom. The van der Waals surface area contributed by atoms with Crippen molar-refractivity contribution in [3.05, 3.63) is 41.7 Å². The lowest BCUT2D eigenvalue weighted by atomic mass is 10.0. The van der Waals surface area contributed by atoms with Gasteiger partial charge in [-0.2, -0.15) is 0 Å². The molecule has 0 aliphatic heterocycles. The van der Waals surface area contributed by atoms with Crippen molar-refractivity contribution in [2.24, 2.45) is 0 Å². The van der Waals surface area contributed by atoms with Gasteiger partial charge in [-0.1, -0.05) is 24.2 Å². The van der Waals surface area contributed by atoms with Gasteiger partial charge in [-0.3, -0.25) is 4.79 Å². The maximum absolute atomic E-state index is 11.9. The molecule has 2 aromatic rings. The molecule has 1 aromatic heterocycles. The van der Waals surface area contributed by atoms with E-state index in [9.17, 15) is 4.79 Å². The van der Waals surface area contributed by atoms with Crippen molar-refractivity contribution in [2.75, 3.05) is 19.0 Å². The number of methoxy groups -OCH3 is 1. The van der Waals surface area contributed by atoms with Gasteiger partial charge in [0.2, 0.25) is 5.91 Å². The number of anilines is 1. The quantitative estimate of drug-likeness (QED) is 0.782. The number of nitrogens with one attached hydrogen (secondary N) is 2. The molecule has 0 radical (unpaired) electrons. The van der Waals surface area contributed by atoms with Gasteiger partial charge < -0.3 is 19.9 Å². The molecular weight excluding hydrogens is 294 g/mol. The van der Waals surface area contributed by atoms with Crippen LogP contribution in [0.1, 0.15) is 37.1 Å². The van der Waals surface area contributed by atoms with E-state index in [0.29, 0.717) is 24.5 Å². The molecule has 0 spiro atoms. The first kappa shape index (κ1) is 17.0. The van der Waals surface area contributed by atoms with Crippen LogP contribution in [0.25, 0.3) is 0 Å².